The molecule has 18 heavy (non-hydrogen) atoms. The lowest BCUT2D eigenvalue weighted by Crippen LogP contribution is -2.43. The van der Waals surface area contributed by atoms with Crippen molar-refractivity contribution in [3.05, 3.63) is 0 Å². The number of rotatable bonds is 7. The molecule has 0 aliphatic heterocycles. The van der Waals surface area contributed by atoms with Gasteiger partial charge in [-0.1, -0.05) is 0 Å². The first kappa shape index (κ1) is 16.9. The van der Waals surface area contributed by atoms with Gasteiger partial charge in [-0.25, -0.2) is 0 Å². The molecule has 0 rings (SSSR count). The highest BCUT2D eigenvalue weighted by Crippen LogP contribution is 2.00. The summed E-state index contributed by atoms with van der Waals surface area (Å²) in [6.45, 7) is 11.9. The van der Waals surface area contributed by atoms with E-state index in [9.17, 15) is 9.59 Å². The van der Waals surface area contributed by atoms with E-state index in [1.54, 1.807) is 4.90 Å². The van der Waals surface area contributed by atoms with Crippen LogP contribution >= 0.6 is 0 Å². The molecule has 5 nitrogen and oxygen atoms in total. The number of carbonyl (C=O) groups excluding carboxylic acids is 2. The summed E-state index contributed by atoms with van der Waals surface area (Å²) in [5.74, 6) is -0.0861. The third kappa shape index (κ3) is 8.06. The second-order valence-electron chi connectivity index (χ2n) is 5.29. The molecule has 0 aliphatic carbocycles. The van der Waals surface area contributed by atoms with E-state index in [1.165, 1.54) is 0 Å². The van der Waals surface area contributed by atoms with Crippen molar-refractivity contribution < 1.29 is 9.59 Å². The Morgan fingerprint density at radius 1 is 1.17 bits per heavy atom. The average Bonchev–Trinajstić information content (AvgIpc) is 2.24. The Hall–Kier alpha value is -1.10. The van der Waals surface area contributed by atoms with Gasteiger partial charge in [-0.05, 0) is 34.6 Å². The zero-order chi connectivity index (χ0) is 14.2. The second-order valence-corrected chi connectivity index (χ2v) is 5.29. The van der Waals surface area contributed by atoms with Crippen LogP contribution in [0.15, 0.2) is 0 Å². The van der Waals surface area contributed by atoms with Gasteiger partial charge in [-0.2, -0.15) is 0 Å². The molecule has 0 aromatic rings. The number of likely N-dealkylation sites (N-methyl/N-ethyl adjacent to an activating group) is 2. The van der Waals surface area contributed by atoms with Crippen molar-refractivity contribution >= 4 is 11.8 Å². The van der Waals surface area contributed by atoms with Gasteiger partial charge in [0.2, 0.25) is 11.8 Å². The van der Waals surface area contributed by atoms with E-state index < -0.39 is 0 Å². The minimum Gasteiger partial charge on any atom is -0.355 e. The van der Waals surface area contributed by atoms with Crippen LogP contribution in [-0.2, 0) is 9.59 Å². The van der Waals surface area contributed by atoms with Gasteiger partial charge in [0.25, 0.3) is 0 Å². The normalized spacial score (nSPS) is 11.2. The van der Waals surface area contributed by atoms with E-state index in [1.807, 2.05) is 13.8 Å². The lowest BCUT2D eigenvalue weighted by molar-refractivity contribution is -0.135. The number of hydrogen-bond acceptors (Lipinski definition) is 3. The molecule has 0 aliphatic rings. The van der Waals surface area contributed by atoms with E-state index in [0.717, 1.165) is 0 Å². The highest BCUT2D eigenvalue weighted by atomic mass is 16.2. The van der Waals surface area contributed by atoms with Crippen molar-refractivity contribution in [2.24, 2.45) is 0 Å². The monoisotopic (exact) mass is 257 g/mol. The number of amides is 2. The smallest absolute Gasteiger partial charge is 0.239 e. The van der Waals surface area contributed by atoms with Gasteiger partial charge in [-0.15, -0.1) is 0 Å². The topological polar surface area (TPSA) is 61.4 Å². The van der Waals surface area contributed by atoms with Gasteiger partial charge >= 0.3 is 0 Å². The Labute approximate surface area is 110 Å². The quantitative estimate of drug-likeness (QED) is 0.707. The summed E-state index contributed by atoms with van der Waals surface area (Å²) in [6.07, 6.45) is 0.421. The molecule has 0 aromatic heterocycles. The Morgan fingerprint density at radius 3 is 2.22 bits per heavy atom. The summed E-state index contributed by atoms with van der Waals surface area (Å²) in [7, 11) is 0. The van der Waals surface area contributed by atoms with Crippen molar-refractivity contribution in [2.45, 2.75) is 46.6 Å². The van der Waals surface area contributed by atoms with Crippen molar-refractivity contribution in [3.8, 4) is 0 Å². The molecule has 0 bridgehead atoms. The molecule has 0 atom stereocenters. The molecule has 0 heterocycles. The summed E-state index contributed by atoms with van der Waals surface area (Å²) in [4.78, 5) is 24.9. The fraction of sp³-hybridized carbons (Fsp3) is 0.846. The van der Waals surface area contributed by atoms with Crippen LogP contribution < -0.4 is 10.6 Å². The van der Waals surface area contributed by atoms with Crippen LogP contribution in [0.5, 0.6) is 0 Å². The Bertz CT molecular complexity index is 272. The Kier molecular flexibility index (Phi) is 7.59. The van der Waals surface area contributed by atoms with Crippen LogP contribution in [0.1, 0.15) is 41.0 Å². The predicted molar refractivity (Wildman–Crippen MR) is 73.3 cm³/mol. The second kappa shape index (κ2) is 8.08. The van der Waals surface area contributed by atoms with Gasteiger partial charge in [0.05, 0.1) is 6.54 Å². The van der Waals surface area contributed by atoms with Gasteiger partial charge in [0.15, 0.2) is 0 Å². The third-order valence-corrected chi connectivity index (χ3v) is 2.44. The number of carbonyl (C=O) groups is 2. The number of hydrogen-bond donors (Lipinski definition) is 2. The molecule has 0 unspecified atom stereocenters. The van der Waals surface area contributed by atoms with Gasteiger partial charge in [0.1, 0.15) is 0 Å². The average molecular weight is 257 g/mol. The zero-order valence-electron chi connectivity index (χ0n) is 12.3. The lowest BCUT2D eigenvalue weighted by Gasteiger charge is -2.23. The molecule has 0 fully saturated rings. The highest BCUT2D eigenvalue weighted by molar-refractivity contribution is 5.84. The molecule has 2 N–H and O–H groups in total. The van der Waals surface area contributed by atoms with Crippen molar-refractivity contribution in [1.29, 1.82) is 0 Å². The summed E-state index contributed by atoms with van der Waals surface area (Å²) in [5.41, 5.74) is 0.0108. The maximum Gasteiger partial charge on any atom is 0.239 e. The summed E-state index contributed by atoms with van der Waals surface area (Å²) in [5, 5.41) is 5.96. The molecule has 0 saturated carbocycles. The van der Waals surface area contributed by atoms with Crippen molar-refractivity contribution in [2.75, 3.05) is 26.2 Å². The molecule has 0 saturated heterocycles. The molecular weight excluding hydrogens is 230 g/mol. The van der Waals surface area contributed by atoms with Crippen LogP contribution in [0.4, 0.5) is 0 Å². The van der Waals surface area contributed by atoms with E-state index in [4.69, 9.17) is 0 Å². The van der Waals surface area contributed by atoms with E-state index in [2.05, 4.69) is 31.4 Å². The summed E-state index contributed by atoms with van der Waals surface area (Å²) < 4.78 is 0. The van der Waals surface area contributed by atoms with Crippen molar-refractivity contribution in [1.82, 2.24) is 15.5 Å². The Balaban J connectivity index is 4.07. The lowest BCUT2D eigenvalue weighted by atomic mass is 10.1. The van der Waals surface area contributed by atoms with Gasteiger partial charge < -0.3 is 15.5 Å². The molecule has 2 amide bonds. The molecular formula is C13H27N3O2. The van der Waals surface area contributed by atoms with Gasteiger partial charge in [0, 0.05) is 31.6 Å². The van der Waals surface area contributed by atoms with Crippen LogP contribution in [-0.4, -0.2) is 48.4 Å². The summed E-state index contributed by atoms with van der Waals surface area (Å²) in [6, 6.07) is 0. The SMILES string of the molecule is CCNC(=O)CN(CC)C(=O)CCNC(C)(C)C. The molecule has 5 heteroatoms. The number of nitrogens with zero attached hydrogens (tertiary/aromatic N) is 1. The minimum absolute atomic E-state index is 0.0108. The molecule has 0 spiro atoms. The molecule has 106 valence electrons. The standard InChI is InChI=1S/C13H27N3O2/c1-6-14-11(17)10-16(7-2)12(18)8-9-15-13(3,4)5/h15H,6-10H2,1-5H3,(H,14,17). The van der Waals surface area contributed by atoms with E-state index in [-0.39, 0.29) is 23.9 Å². The largest absolute Gasteiger partial charge is 0.355 e. The minimum atomic E-state index is -0.100. The fourth-order valence-corrected chi connectivity index (χ4v) is 1.51. The van der Waals surface area contributed by atoms with Gasteiger partial charge in [-0.3, -0.25) is 9.59 Å². The van der Waals surface area contributed by atoms with Crippen LogP contribution in [0.2, 0.25) is 0 Å². The molecule has 0 radical (unpaired) electrons. The predicted octanol–water partition coefficient (Wildman–Crippen LogP) is 0.749. The van der Waals surface area contributed by atoms with E-state index >= 15 is 0 Å². The van der Waals surface area contributed by atoms with Crippen LogP contribution in [0.3, 0.4) is 0 Å². The summed E-state index contributed by atoms with van der Waals surface area (Å²) >= 11 is 0. The first-order valence-electron chi connectivity index (χ1n) is 6.59. The zero-order valence-corrected chi connectivity index (χ0v) is 12.3. The maximum absolute atomic E-state index is 11.9. The fourth-order valence-electron chi connectivity index (χ4n) is 1.51. The first-order valence-corrected chi connectivity index (χ1v) is 6.59. The van der Waals surface area contributed by atoms with E-state index in [0.29, 0.717) is 26.1 Å². The van der Waals surface area contributed by atoms with Crippen molar-refractivity contribution in [3.63, 3.8) is 0 Å². The molecule has 0 aromatic carbocycles. The van der Waals surface area contributed by atoms with Crippen LogP contribution in [0, 0.1) is 0 Å². The third-order valence-electron chi connectivity index (χ3n) is 2.44. The Morgan fingerprint density at radius 2 is 1.78 bits per heavy atom. The maximum atomic E-state index is 11.9. The van der Waals surface area contributed by atoms with Crippen LogP contribution in [0.25, 0.3) is 0 Å². The first-order chi connectivity index (χ1) is 8.30. The highest BCUT2D eigenvalue weighted by Gasteiger charge is 2.16. The number of nitrogens with one attached hydrogen (secondary N) is 2.